The number of benzene rings is 1. The minimum atomic E-state index is -0.326. The lowest BCUT2D eigenvalue weighted by Gasteiger charge is -2.33. The molecule has 0 fully saturated rings. The molecule has 0 saturated carbocycles. The molecule has 0 bridgehead atoms. The van der Waals surface area contributed by atoms with Crippen molar-refractivity contribution >= 4 is 34.4 Å². The Morgan fingerprint density at radius 2 is 1.86 bits per heavy atom. The Kier molecular flexibility index (Phi) is 4.57. The van der Waals surface area contributed by atoms with E-state index in [9.17, 15) is 9.59 Å². The molecule has 0 aliphatic carbocycles. The predicted molar refractivity (Wildman–Crippen MR) is 112 cm³/mol. The molecule has 8 heteroatoms. The first-order valence-corrected chi connectivity index (χ1v) is 9.89. The molecule has 0 amide bonds. The van der Waals surface area contributed by atoms with Crippen LogP contribution in [0.15, 0.2) is 33.9 Å². The molecule has 0 radical (unpaired) electrons. The Balaban J connectivity index is 1.99. The van der Waals surface area contributed by atoms with Crippen molar-refractivity contribution in [2.75, 3.05) is 11.4 Å². The number of imidazole rings is 1. The molecule has 0 unspecified atom stereocenters. The number of anilines is 2. The van der Waals surface area contributed by atoms with E-state index in [4.69, 9.17) is 16.6 Å². The summed E-state index contributed by atoms with van der Waals surface area (Å²) in [6.07, 6.45) is 0. The third-order valence-electron chi connectivity index (χ3n) is 5.13. The summed E-state index contributed by atoms with van der Waals surface area (Å²) in [7, 11) is 1.68. The smallest absolute Gasteiger partial charge is 0.312 e. The molecule has 4 rings (SSSR count). The van der Waals surface area contributed by atoms with Crippen LogP contribution in [0.1, 0.15) is 20.8 Å². The second-order valence-corrected chi connectivity index (χ2v) is 8.47. The van der Waals surface area contributed by atoms with Gasteiger partial charge in [0, 0.05) is 37.4 Å². The fourth-order valence-electron chi connectivity index (χ4n) is 3.87. The fourth-order valence-corrected chi connectivity index (χ4v) is 4.00. The van der Waals surface area contributed by atoms with E-state index in [1.807, 2.05) is 42.7 Å². The van der Waals surface area contributed by atoms with Gasteiger partial charge in [-0.15, -0.1) is 0 Å². The fraction of sp³-hybridized carbons (Fsp3) is 0.450. The van der Waals surface area contributed by atoms with Crippen LogP contribution in [0.4, 0.5) is 11.6 Å². The first-order chi connectivity index (χ1) is 13.3. The van der Waals surface area contributed by atoms with E-state index in [1.165, 1.54) is 9.13 Å². The Bertz CT molecular complexity index is 1160. The van der Waals surface area contributed by atoms with E-state index in [1.54, 1.807) is 7.05 Å². The minimum Gasteiger partial charge on any atom is -0.312 e. The molecule has 2 aromatic heterocycles. The van der Waals surface area contributed by atoms with E-state index in [0.717, 1.165) is 12.2 Å². The SMILES string of the molecule is CC(C)Cn1c(=O)c2c(nc3n2C[C@H](C)CN3c2ccc(Cl)cc2)n(C)c1=O. The van der Waals surface area contributed by atoms with Gasteiger partial charge in [0.1, 0.15) is 0 Å². The molecule has 1 atom stereocenters. The molecule has 3 aromatic rings. The predicted octanol–water partition coefficient (Wildman–Crippen LogP) is 2.99. The van der Waals surface area contributed by atoms with Gasteiger partial charge in [0.05, 0.1) is 0 Å². The number of halogens is 1. The van der Waals surface area contributed by atoms with Crippen molar-refractivity contribution in [2.24, 2.45) is 18.9 Å². The maximum atomic E-state index is 13.2. The Morgan fingerprint density at radius 3 is 2.50 bits per heavy atom. The Hall–Kier alpha value is -2.54. The summed E-state index contributed by atoms with van der Waals surface area (Å²) < 4.78 is 4.76. The summed E-state index contributed by atoms with van der Waals surface area (Å²) in [4.78, 5) is 32.8. The molecule has 0 N–H and O–H groups in total. The third-order valence-corrected chi connectivity index (χ3v) is 5.38. The minimum absolute atomic E-state index is 0.191. The summed E-state index contributed by atoms with van der Waals surface area (Å²) in [5, 5.41) is 0.668. The van der Waals surface area contributed by atoms with Crippen molar-refractivity contribution in [1.82, 2.24) is 18.7 Å². The highest BCUT2D eigenvalue weighted by atomic mass is 35.5. The van der Waals surface area contributed by atoms with Gasteiger partial charge in [-0.05, 0) is 36.1 Å². The molecule has 148 valence electrons. The summed E-state index contributed by atoms with van der Waals surface area (Å²) in [5.74, 6) is 1.19. The van der Waals surface area contributed by atoms with E-state index in [-0.39, 0.29) is 17.2 Å². The van der Waals surface area contributed by atoms with E-state index < -0.39 is 0 Å². The van der Waals surface area contributed by atoms with Crippen LogP contribution in [-0.4, -0.2) is 25.2 Å². The van der Waals surface area contributed by atoms with Gasteiger partial charge in [-0.1, -0.05) is 32.4 Å². The second-order valence-electron chi connectivity index (χ2n) is 8.04. The summed E-state index contributed by atoms with van der Waals surface area (Å²) in [5.41, 5.74) is 1.28. The van der Waals surface area contributed by atoms with Gasteiger partial charge >= 0.3 is 5.69 Å². The van der Waals surface area contributed by atoms with Crippen LogP contribution in [0.25, 0.3) is 11.2 Å². The molecule has 1 aliphatic heterocycles. The van der Waals surface area contributed by atoms with E-state index >= 15 is 0 Å². The first kappa shape index (κ1) is 18.8. The van der Waals surface area contributed by atoms with Gasteiger partial charge in [0.2, 0.25) is 5.95 Å². The van der Waals surface area contributed by atoms with Crippen LogP contribution < -0.4 is 16.1 Å². The zero-order chi connectivity index (χ0) is 20.2. The molecule has 3 heterocycles. The number of nitrogens with zero attached hydrogens (tertiary/aromatic N) is 5. The average molecular weight is 402 g/mol. The van der Waals surface area contributed by atoms with E-state index in [0.29, 0.717) is 41.1 Å². The van der Waals surface area contributed by atoms with Crippen LogP contribution in [0.3, 0.4) is 0 Å². The van der Waals surface area contributed by atoms with Crippen LogP contribution in [0, 0.1) is 11.8 Å². The highest BCUT2D eigenvalue weighted by molar-refractivity contribution is 6.30. The zero-order valence-corrected chi connectivity index (χ0v) is 17.3. The average Bonchev–Trinajstić information content (AvgIpc) is 3.03. The lowest BCUT2D eigenvalue weighted by molar-refractivity contribution is 0.454. The van der Waals surface area contributed by atoms with Crippen LogP contribution in [-0.2, 0) is 20.1 Å². The van der Waals surface area contributed by atoms with Gasteiger partial charge in [0.15, 0.2) is 11.2 Å². The molecular weight excluding hydrogens is 378 g/mol. The number of fused-ring (bicyclic) bond motifs is 3. The van der Waals surface area contributed by atoms with Gasteiger partial charge in [-0.2, -0.15) is 4.98 Å². The molecule has 1 aromatic carbocycles. The first-order valence-electron chi connectivity index (χ1n) is 9.51. The van der Waals surface area contributed by atoms with E-state index in [2.05, 4.69) is 11.8 Å². The van der Waals surface area contributed by atoms with Crippen LogP contribution in [0.5, 0.6) is 0 Å². The third kappa shape index (κ3) is 2.94. The second kappa shape index (κ2) is 6.81. The zero-order valence-electron chi connectivity index (χ0n) is 16.5. The number of aromatic nitrogens is 4. The summed E-state index contributed by atoms with van der Waals surface area (Å²) >= 11 is 6.04. The van der Waals surface area contributed by atoms with Gasteiger partial charge < -0.3 is 9.47 Å². The van der Waals surface area contributed by atoms with Crippen molar-refractivity contribution < 1.29 is 0 Å². The highest BCUT2D eigenvalue weighted by Crippen LogP contribution is 2.33. The summed E-state index contributed by atoms with van der Waals surface area (Å²) in [6, 6.07) is 7.57. The quantitative estimate of drug-likeness (QED) is 0.676. The lowest BCUT2D eigenvalue weighted by atomic mass is 10.1. The molecule has 1 aliphatic rings. The van der Waals surface area contributed by atoms with Gasteiger partial charge in [-0.25, -0.2) is 4.79 Å². The standard InChI is InChI=1S/C20H24ClN5O2/c1-12(2)9-26-18(27)16-17(23(4)20(26)28)22-19-24(10-13(3)11-25(16)19)15-7-5-14(21)6-8-15/h5-8,12-13H,9-11H2,1-4H3/t13-/m1/s1. The monoisotopic (exact) mass is 401 g/mol. The largest absolute Gasteiger partial charge is 0.332 e. The Labute approximate surface area is 167 Å². The van der Waals surface area contributed by atoms with Crippen LogP contribution >= 0.6 is 11.6 Å². The summed E-state index contributed by atoms with van der Waals surface area (Å²) in [6.45, 7) is 7.98. The number of hydrogen-bond donors (Lipinski definition) is 0. The molecule has 7 nitrogen and oxygen atoms in total. The van der Waals surface area contributed by atoms with Crippen molar-refractivity contribution in [2.45, 2.75) is 33.9 Å². The van der Waals surface area contributed by atoms with Crippen LogP contribution in [0.2, 0.25) is 5.02 Å². The maximum Gasteiger partial charge on any atom is 0.332 e. The maximum absolute atomic E-state index is 13.2. The molecule has 0 saturated heterocycles. The topological polar surface area (TPSA) is 65.1 Å². The Morgan fingerprint density at radius 1 is 1.18 bits per heavy atom. The van der Waals surface area contributed by atoms with Crippen molar-refractivity contribution in [1.29, 1.82) is 0 Å². The number of rotatable bonds is 3. The number of hydrogen-bond acceptors (Lipinski definition) is 4. The lowest BCUT2D eigenvalue weighted by Crippen LogP contribution is -2.41. The van der Waals surface area contributed by atoms with Crippen molar-refractivity contribution in [3.63, 3.8) is 0 Å². The van der Waals surface area contributed by atoms with Crippen molar-refractivity contribution in [3.8, 4) is 0 Å². The number of aryl methyl sites for hydroxylation is 1. The van der Waals surface area contributed by atoms with Gasteiger partial charge in [-0.3, -0.25) is 13.9 Å². The molecule has 28 heavy (non-hydrogen) atoms. The van der Waals surface area contributed by atoms with Crippen molar-refractivity contribution in [3.05, 3.63) is 50.1 Å². The normalized spacial score (nSPS) is 16.8. The highest BCUT2D eigenvalue weighted by Gasteiger charge is 2.29. The molecular formula is C20H24ClN5O2. The molecule has 0 spiro atoms. The van der Waals surface area contributed by atoms with Gasteiger partial charge in [0.25, 0.3) is 5.56 Å².